The van der Waals surface area contributed by atoms with Gasteiger partial charge < -0.3 is 20.4 Å². The van der Waals surface area contributed by atoms with E-state index in [1.165, 1.54) is 5.56 Å². The van der Waals surface area contributed by atoms with Gasteiger partial charge in [0.05, 0.1) is 25.2 Å². The Morgan fingerprint density at radius 3 is 2.62 bits per heavy atom. The number of hydrogen-bond donors (Lipinski definition) is 3. The highest BCUT2D eigenvalue weighted by molar-refractivity contribution is 5.84. The maximum Gasteiger partial charge on any atom is 0.225 e. The predicted octanol–water partition coefficient (Wildman–Crippen LogP) is 0.327. The first-order valence-corrected chi connectivity index (χ1v) is 8.47. The van der Waals surface area contributed by atoms with Crippen LogP contribution in [0, 0.1) is 5.92 Å². The van der Waals surface area contributed by atoms with Gasteiger partial charge in [-0.1, -0.05) is 30.3 Å². The maximum atomic E-state index is 12.2. The lowest BCUT2D eigenvalue weighted by atomic mass is 9.96. The summed E-state index contributed by atoms with van der Waals surface area (Å²) in [5.41, 5.74) is 1.24. The zero-order valence-corrected chi connectivity index (χ0v) is 13.9. The second-order valence-electron chi connectivity index (χ2n) is 6.24. The third-order valence-corrected chi connectivity index (χ3v) is 4.39. The van der Waals surface area contributed by atoms with E-state index in [9.17, 15) is 9.59 Å². The molecule has 1 unspecified atom stereocenters. The van der Waals surface area contributed by atoms with Crippen LogP contribution in [0.5, 0.6) is 0 Å². The molecule has 1 aromatic rings. The number of amides is 2. The molecule has 0 aromatic heterocycles. The van der Waals surface area contributed by atoms with Crippen molar-refractivity contribution >= 4 is 11.8 Å². The first kappa shape index (κ1) is 18.4. The predicted molar refractivity (Wildman–Crippen MR) is 90.2 cm³/mol. The Morgan fingerprint density at radius 1 is 1.25 bits per heavy atom. The van der Waals surface area contributed by atoms with E-state index < -0.39 is 6.04 Å². The summed E-state index contributed by atoms with van der Waals surface area (Å²) in [5.74, 6) is -0.392. The van der Waals surface area contributed by atoms with Crippen LogP contribution in [-0.4, -0.2) is 59.3 Å². The number of aliphatic hydroxyl groups excluding tert-OH is 2. The summed E-state index contributed by atoms with van der Waals surface area (Å²) in [6.07, 6.45) is 2.65. The lowest BCUT2D eigenvalue weighted by molar-refractivity contribution is -0.138. The largest absolute Gasteiger partial charge is 0.394 e. The van der Waals surface area contributed by atoms with Gasteiger partial charge in [-0.15, -0.1) is 0 Å². The monoisotopic (exact) mass is 334 g/mol. The quantitative estimate of drug-likeness (QED) is 0.639. The SMILES string of the molecule is O=C(NC(CO)CO)C1CCC(=O)N(CCCc2ccccc2)C1. The van der Waals surface area contributed by atoms with E-state index in [-0.39, 0.29) is 30.9 Å². The van der Waals surface area contributed by atoms with Gasteiger partial charge in [-0.2, -0.15) is 0 Å². The van der Waals surface area contributed by atoms with Crippen LogP contribution in [0.3, 0.4) is 0 Å². The van der Waals surface area contributed by atoms with Gasteiger partial charge in [0.2, 0.25) is 11.8 Å². The molecule has 0 bridgehead atoms. The van der Waals surface area contributed by atoms with E-state index in [1.54, 1.807) is 4.90 Å². The minimum atomic E-state index is -0.637. The Hall–Kier alpha value is -1.92. The topological polar surface area (TPSA) is 89.9 Å². The van der Waals surface area contributed by atoms with E-state index in [1.807, 2.05) is 18.2 Å². The number of aryl methyl sites for hydroxylation is 1. The number of benzene rings is 1. The number of carbonyl (C=O) groups is 2. The summed E-state index contributed by atoms with van der Waals surface area (Å²) in [5, 5.41) is 20.7. The van der Waals surface area contributed by atoms with Crippen LogP contribution < -0.4 is 5.32 Å². The van der Waals surface area contributed by atoms with Gasteiger partial charge in [0.1, 0.15) is 0 Å². The summed E-state index contributed by atoms with van der Waals surface area (Å²) >= 11 is 0. The van der Waals surface area contributed by atoms with Crippen molar-refractivity contribution in [1.82, 2.24) is 10.2 Å². The molecule has 3 N–H and O–H groups in total. The van der Waals surface area contributed by atoms with Crippen molar-refractivity contribution in [2.75, 3.05) is 26.3 Å². The minimum absolute atomic E-state index is 0.0907. The summed E-state index contributed by atoms with van der Waals surface area (Å²) in [4.78, 5) is 26.0. The molecule has 2 amide bonds. The number of nitrogens with one attached hydrogen (secondary N) is 1. The average Bonchev–Trinajstić information content (AvgIpc) is 2.62. The number of nitrogens with zero attached hydrogens (tertiary/aromatic N) is 1. The Bertz CT molecular complexity index is 531. The van der Waals surface area contributed by atoms with Gasteiger partial charge in [0.25, 0.3) is 0 Å². The lowest BCUT2D eigenvalue weighted by Gasteiger charge is -2.32. The van der Waals surface area contributed by atoms with Gasteiger partial charge >= 0.3 is 0 Å². The zero-order chi connectivity index (χ0) is 17.4. The number of piperidine rings is 1. The van der Waals surface area contributed by atoms with Crippen LogP contribution in [0.4, 0.5) is 0 Å². The second-order valence-corrected chi connectivity index (χ2v) is 6.24. The van der Waals surface area contributed by atoms with Crippen LogP contribution in [-0.2, 0) is 16.0 Å². The number of carbonyl (C=O) groups excluding carboxylic acids is 2. The average molecular weight is 334 g/mol. The number of aliphatic hydroxyl groups is 2. The molecule has 2 rings (SSSR count). The van der Waals surface area contributed by atoms with Crippen molar-refractivity contribution in [3.8, 4) is 0 Å². The zero-order valence-electron chi connectivity index (χ0n) is 13.9. The van der Waals surface area contributed by atoms with Crippen molar-refractivity contribution in [3.63, 3.8) is 0 Å². The van der Waals surface area contributed by atoms with E-state index in [0.29, 0.717) is 25.9 Å². The first-order valence-electron chi connectivity index (χ1n) is 8.47. The molecule has 24 heavy (non-hydrogen) atoms. The molecule has 1 aliphatic rings. The fraction of sp³-hybridized carbons (Fsp3) is 0.556. The Morgan fingerprint density at radius 2 is 1.96 bits per heavy atom. The number of hydrogen-bond acceptors (Lipinski definition) is 4. The molecule has 0 aliphatic carbocycles. The molecule has 0 radical (unpaired) electrons. The standard InChI is InChI=1S/C18H26N2O4/c21-12-16(13-22)19-18(24)15-8-9-17(23)20(11-15)10-4-7-14-5-2-1-3-6-14/h1-3,5-6,15-16,21-22H,4,7-13H2,(H,19,24). The van der Waals surface area contributed by atoms with E-state index >= 15 is 0 Å². The highest BCUT2D eigenvalue weighted by Gasteiger charge is 2.30. The molecule has 1 aromatic carbocycles. The fourth-order valence-corrected chi connectivity index (χ4v) is 2.93. The third-order valence-electron chi connectivity index (χ3n) is 4.39. The summed E-state index contributed by atoms with van der Waals surface area (Å²) in [7, 11) is 0. The molecule has 1 aliphatic heterocycles. The molecule has 6 nitrogen and oxygen atoms in total. The highest BCUT2D eigenvalue weighted by atomic mass is 16.3. The molecule has 1 fully saturated rings. The Labute approximate surface area is 142 Å². The van der Waals surface area contributed by atoms with E-state index in [2.05, 4.69) is 17.4 Å². The molecule has 132 valence electrons. The van der Waals surface area contributed by atoms with Crippen molar-refractivity contribution in [1.29, 1.82) is 0 Å². The van der Waals surface area contributed by atoms with Gasteiger partial charge in [0, 0.05) is 19.5 Å². The number of rotatable bonds is 8. The Balaban J connectivity index is 1.81. The molecule has 0 spiro atoms. The van der Waals surface area contributed by atoms with E-state index in [4.69, 9.17) is 10.2 Å². The molecule has 1 atom stereocenters. The fourth-order valence-electron chi connectivity index (χ4n) is 2.93. The van der Waals surface area contributed by atoms with Crippen LogP contribution in [0.25, 0.3) is 0 Å². The van der Waals surface area contributed by atoms with Crippen LogP contribution >= 0.6 is 0 Å². The van der Waals surface area contributed by atoms with Crippen LogP contribution in [0.15, 0.2) is 30.3 Å². The molecule has 6 heteroatoms. The summed E-state index contributed by atoms with van der Waals surface area (Å²) < 4.78 is 0. The molecular weight excluding hydrogens is 308 g/mol. The first-order chi connectivity index (χ1) is 11.6. The molecule has 1 saturated heterocycles. The Kier molecular flexibility index (Phi) is 7.21. The summed E-state index contributed by atoms with van der Waals surface area (Å²) in [6, 6.07) is 9.48. The van der Waals surface area contributed by atoms with Crippen molar-refractivity contribution < 1.29 is 19.8 Å². The maximum absolute atomic E-state index is 12.2. The third kappa shape index (κ3) is 5.32. The summed E-state index contributed by atoms with van der Waals surface area (Å²) in [6.45, 7) is 0.452. The van der Waals surface area contributed by atoms with E-state index in [0.717, 1.165) is 12.8 Å². The smallest absolute Gasteiger partial charge is 0.225 e. The van der Waals surface area contributed by atoms with Crippen LogP contribution in [0.2, 0.25) is 0 Å². The van der Waals surface area contributed by atoms with Crippen molar-refractivity contribution in [2.24, 2.45) is 5.92 Å². The normalized spacial score (nSPS) is 18.0. The second kappa shape index (κ2) is 9.39. The highest BCUT2D eigenvalue weighted by Crippen LogP contribution is 2.18. The molecule has 1 heterocycles. The van der Waals surface area contributed by atoms with Crippen molar-refractivity contribution in [3.05, 3.63) is 35.9 Å². The minimum Gasteiger partial charge on any atom is -0.394 e. The lowest BCUT2D eigenvalue weighted by Crippen LogP contribution is -2.49. The van der Waals surface area contributed by atoms with Gasteiger partial charge in [0.15, 0.2) is 0 Å². The number of likely N-dealkylation sites (tertiary alicyclic amines) is 1. The molecule has 0 saturated carbocycles. The van der Waals surface area contributed by atoms with Gasteiger partial charge in [-0.05, 0) is 24.8 Å². The molecular formula is C18H26N2O4. The van der Waals surface area contributed by atoms with Crippen LogP contribution in [0.1, 0.15) is 24.8 Å². The van der Waals surface area contributed by atoms with Gasteiger partial charge in [-0.25, -0.2) is 0 Å². The van der Waals surface area contributed by atoms with Crippen molar-refractivity contribution in [2.45, 2.75) is 31.7 Å². The van der Waals surface area contributed by atoms with Gasteiger partial charge in [-0.3, -0.25) is 9.59 Å².